The minimum absolute atomic E-state index is 0.608. The van der Waals surface area contributed by atoms with Crippen LogP contribution in [0.4, 0.5) is 34.1 Å². The van der Waals surface area contributed by atoms with Gasteiger partial charge in [0.15, 0.2) is 0 Å². The van der Waals surface area contributed by atoms with E-state index in [9.17, 15) is 0 Å². The molecule has 11 rings (SSSR count). The molecule has 0 aliphatic heterocycles. The van der Waals surface area contributed by atoms with E-state index in [0.717, 1.165) is 101 Å². The Bertz CT molecular complexity index is 3110. The molecule has 3 heteroatoms. The Morgan fingerprint density at radius 2 is 0.449 bits per heavy atom. The van der Waals surface area contributed by atoms with Gasteiger partial charge in [0, 0.05) is 50.0 Å². The van der Waals surface area contributed by atoms with E-state index in [0.29, 0.717) is 5.02 Å². The molecule has 11 aromatic rings. The monoisotopic (exact) mass is 902 g/mol. The number of halogens is 1. The Kier molecular flexibility index (Phi) is 12.2. The third kappa shape index (κ3) is 8.98. The molecular weight excluding hydrogens is 856 g/mol. The molecule has 0 aliphatic rings. The molecule has 0 bridgehead atoms. The van der Waals surface area contributed by atoms with Crippen LogP contribution < -0.4 is 9.80 Å². The fourth-order valence-electron chi connectivity index (χ4n) is 9.47. The summed E-state index contributed by atoms with van der Waals surface area (Å²) >= 11 is 7.57. The van der Waals surface area contributed by atoms with Crippen LogP contribution in [0.3, 0.4) is 0 Å². The summed E-state index contributed by atoms with van der Waals surface area (Å²) in [5.74, 6) is 0. The van der Waals surface area contributed by atoms with Gasteiger partial charge in [-0.3, -0.25) is 0 Å². The summed E-state index contributed by atoms with van der Waals surface area (Å²) in [6.45, 7) is 0. The van der Waals surface area contributed by atoms with Crippen molar-refractivity contribution in [2.45, 2.75) is 0 Å². The van der Waals surface area contributed by atoms with Crippen LogP contribution >= 0.6 is 11.6 Å². The van der Waals surface area contributed by atoms with E-state index in [-0.39, 0.29) is 0 Å². The zero-order valence-corrected chi connectivity index (χ0v) is 38.7. The first-order valence-corrected chi connectivity index (χ1v) is 23.7. The van der Waals surface area contributed by atoms with Crippen LogP contribution in [-0.4, -0.2) is 0 Å². The SMILES string of the molecule is Clc1cc(N(c2ccc(-c3ccccc3)cc2)c2c(-c3ccccc3)cccc2-c2ccccc2)cc(N(c2ccc(-c3ccccc3)cc2)c2c(-c3ccccc3)cccc2-c2ccccc2)c1. The van der Waals surface area contributed by atoms with Crippen molar-refractivity contribution in [1.82, 2.24) is 0 Å². The second-order valence-electron chi connectivity index (χ2n) is 17.0. The van der Waals surface area contributed by atoms with Gasteiger partial charge in [-0.25, -0.2) is 0 Å². The number of nitrogens with zero attached hydrogens (tertiary/aromatic N) is 2. The van der Waals surface area contributed by atoms with Crippen LogP contribution in [0, 0.1) is 0 Å². The minimum atomic E-state index is 0.608. The van der Waals surface area contributed by atoms with Gasteiger partial charge in [-0.05, 0) is 87.0 Å². The molecule has 0 spiro atoms. The molecule has 0 atom stereocenters. The van der Waals surface area contributed by atoms with E-state index in [2.05, 4.69) is 295 Å². The van der Waals surface area contributed by atoms with Crippen molar-refractivity contribution < 1.29 is 0 Å². The number of hydrogen-bond acceptors (Lipinski definition) is 2. The van der Waals surface area contributed by atoms with Gasteiger partial charge in [0.1, 0.15) is 0 Å². The van der Waals surface area contributed by atoms with Gasteiger partial charge in [-0.1, -0.05) is 254 Å². The van der Waals surface area contributed by atoms with Crippen molar-refractivity contribution in [3.63, 3.8) is 0 Å². The highest BCUT2D eigenvalue weighted by atomic mass is 35.5. The number of benzene rings is 11. The van der Waals surface area contributed by atoms with Crippen molar-refractivity contribution >= 4 is 45.7 Å². The molecule has 0 heterocycles. The molecule has 0 radical (unpaired) electrons. The topological polar surface area (TPSA) is 6.48 Å². The molecule has 0 aliphatic carbocycles. The molecule has 328 valence electrons. The van der Waals surface area contributed by atoms with Gasteiger partial charge < -0.3 is 9.80 Å². The van der Waals surface area contributed by atoms with Gasteiger partial charge in [0.25, 0.3) is 0 Å². The standard InChI is InChI=1S/C66H47ClN2/c67-56-45-59(68(57-41-37-50(38-42-57)48-21-7-1-8-22-48)65-61(52-25-11-3-12-26-52)33-19-34-62(65)53-27-13-4-14-28-53)47-60(46-56)69(58-43-39-51(40-44-58)49-23-9-2-10-24-49)66-63(54-29-15-5-16-30-54)35-20-36-64(66)55-31-17-6-18-32-55/h1-47H. The quantitative estimate of drug-likeness (QED) is 0.121. The number of para-hydroxylation sites is 2. The normalized spacial score (nSPS) is 11.0. The summed E-state index contributed by atoms with van der Waals surface area (Å²) in [5, 5.41) is 0.608. The van der Waals surface area contributed by atoms with Crippen LogP contribution in [0.1, 0.15) is 0 Å². The van der Waals surface area contributed by atoms with E-state index in [4.69, 9.17) is 11.6 Å². The van der Waals surface area contributed by atoms with Crippen molar-refractivity contribution in [3.8, 4) is 66.8 Å². The predicted octanol–water partition coefficient (Wildman–Crippen LogP) is 19.3. The number of hydrogen-bond donors (Lipinski definition) is 0. The molecule has 0 fully saturated rings. The fourth-order valence-corrected chi connectivity index (χ4v) is 9.69. The maximum absolute atomic E-state index is 7.57. The Morgan fingerprint density at radius 3 is 0.725 bits per heavy atom. The first-order chi connectivity index (χ1) is 34.2. The van der Waals surface area contributed by atoms with Crippen molar-refractivity contribution in [3.05, 3.63) is 290 Å². The lowest BCUT2D eigenvalue weighted by atomic mass is 9.93. The Balaban J connectivity index is 1.19. The van der Waals surface area contributed by atoms with E-state index in [1.54, 1.807) is 0 Å². The fraction of sp³-hybridized carbons (Fsp3) is 0. The molecular formula is C66H47ClN2. The zero-order chi connectivity index (χ0) is 46.4. The molecule has 0 unspecified atom stereocenters. The summed E-state index contributed by atoms with van der Waals surface area (Å²) in [5.41, 5.74) is 19.4. The average Bonchev–Trinajstić information content (AvgIpc) is 3.43. The molecule has 69 heavy (non-hydrogen) atoms. The first kappa shape index (κ1) is 42.9. The predicted molar refractivity (Wildman–Crippen MR) is 293 cm³/mol. The summed E-state index contributed by atoms with van der Waals surface area (Å²) in [6, 6.07) is 101. The maximum Gasteiger partial charge on any atom is 0.0618 e. The van der Waals surface area contributed by atoms with E-state index in [1.807, 2.05) is 0 Å². The molecule has 0 aromatic heterocycles. The van der Waals surface area contributed by atoms with Gasteiger partial charge >= 0.3 is 0 Å². The lowest BCUT2D eigenvalue weighted by Gasteiger charge is -2.34. The summed E-state index contributed by atoms with van der Waals surface area (Å²) in [4.78, 5) is 4.79. The van der Waals surface area contributed by atoms with Gasteiger partial charge in [0.2, 0.25) is 0 Å². The van der Waals surface area contributed by atoms with Gasteiger partial charge in [0.05, 0.1) is 11.4 Å². The third-order valence-corrected chi connectivity index (χ3v) is 12.9. The lowest BCUT2D eigenvalue weighted by Crippen LogP contribution is -2.16. The number of rotatable bonds is 12. The molecule has 0 amide bonds. The van der Waals surface area contributed by atoms with Crippen molar-refractivity contribution in [2.75, 3.05) is 9.80 Å². The van der Waals surface area contributed by atoms with Crippen LogP contribution in [0.5, 0.6) is 0 Å². The van der Waals surface area contributed by atoms with Crippen molar-refractivity contribution in [1.29, 1.82) is 0 Å². The summed E-state index contributed by atoms with van der Waals surface area (Å²) in [6.07, 6.45) is 0. The molecule has 0 saturated heterocycles. The average molecular weight is 904 g/mol. The highest BCUT2D eigenvalue weighted by Crippen LogP contribution is 2.51. The molecule has 2 nitrogen and oxygen atoms in total. The molecule has 11 aromatic carbocycles. The van der Waals surface area contributed by atoms with Crippen LogP contribution in [0.25, 0.3) is 66.8 Å². The zero-order valence-electron chi connectivity index (χ0n) is 37.9. The van der Waals surface area contributed by atoms with Gasteiger partial charge in [-0.2, -0.15) is 0 Å². The van der Waals surface area contributed by atoms with E-state index < -0.39 is 0 Å². The van der Waals surface area contributed by atoms with Crippen LogP contribution in [0.15, 0.2) is 285 Å². The minimum Gasteiger partial charge on any atom is -0.309 e. The lowest BCUT2D eigenvalue weighted by molar-refractivity contribution is 1.25. The molecule has 0 saturated carbocycles. The Morgan fingerprint density at radius 1 is 0.203 bits per heavy atom. The Labute approximate surface area is 410 Å². The summed E-state index contributed by atoms with van der Waals surface area (Å²) < 4.78 is 0. The maximum atomic E-state index is 7.57. The third-order valence-electron chi connectivity index (χ3n) is 12.7. The second kappa shape index (κ2) is 19.6. The second-order valence-corrected chi connectivity index (χ2v) is 17.5. The number of anilines is 6. The Hall–Kier alpha value is -8.69. The van der Waals surface area contributed by atoms with E-state index in [1.165, 1.54) is 0 Å². The summed E-state index contributed by atoms with van der Waals surface area (Å²) in [7, 11) is 0. The van der Waals surface area contributed by atoms with E-state index >= 15 is 0 Å². The smallest absolute Gasteiger partial charge is 0.0618 e. The van der Waals surface area contributed by atoms with Gasteiger partial charge in [-0.15, -0.1) is 0 Å². The van der Waals surface area contributed by atoms with Crippen LogP contribution in [0.2, 0.25) is 5.02 Å². The largest absolute Gasteiger partial charge is 0.309 e. The first-order valence-electron chi connectivity index (χ1n) is 23.4. The van der Waals surface area contributed by atoms with Crippen LogP contribution in [-0.2, 0) is 0 Å². The highest BCUT2D eigenvalue weighted by molar-refractivity contribution is 6.31. The highest BCUT2D eigenvalue weighted by Gasteiger charge is 2.26. The van der Waals surface area contributed by atoms with Crippen molar-refractivity contribution in [2.24, 2.45) is 0 Å². The molecule has 0 N–H and O–H groups in total.